The van der Waals surface area contributed by atoms with E-state index in [0.29, 0.717) is 6.54 Å². The van der Waals surface area contributed by atoms with Gasteiger partial charge in [-0.25, -0.2) is 15.0 Å². The van der Waals surface area contributed by atoms with Gasteiger partial charge in [-0.05, 0) is 20.3 Å². The van der Waals surface area contributed by atoms with Crippen molar-refractivity contribution in [2.45, 2.75) is 32.9 Å². The van der Waals surface area contributed by atoms with Crippen LogP contribution in [0, 0.1) is 10.1 Å². The van der Waals surface area contributed by atoms with E-state index in [-0.39, 0.29) is 23.4 Å². The number of anilines is 2. The number of aromatic nitrogens is 4. The third-order valence-electron chi connectivity index (χ3n) is 2.87. The lowest BCUT2D eigenvalue weighted by Gasteiger charge is -2.11. The summed E-state index contributed by atoms with van der Waals surface area (Å²) in [6.45, 7) is 5.13. The largest absolute Gasteiger partial charge is 0.364 e. The first-order valence-corrected chi connectivity index (χ1v) is 7.03. The number of aryl methyl sites for hydroxylation is 1. The van der Waals surface area contributed by atoms with Gasteiger partial charge >= 0.3 is 5.69 Å². The van der Waals surface area contributed by atoms with Crippen LogP contribution in [0.4, 0.5) is 17.3 Å². The van der Waals surface area contributed by atoms with Crippen molar-refractivity contribution in [3.63, 3.8) is 0 Å². The van der Waals surface area contributed by atoms with Crippen molar-refractivity contribution in [2.75, 3.05) is 17.2 Å². The third kappa shape index (κ3) is 4.14. The zero-order valence-corrected chi connectivity index (χ0v) is 12.6. The second-order valence-corrected chi connectivity index (χ2v) is 5.06. The van der Waals surface area contributed by atoms with Crippen LogP contribution in [-0.4, -0.2) is 37.0 Å². The summed E-state index contributed by atoms with van der Waals surface area (Å²) in [7, 11) is 0. The number of hydrogen-bond donors (Lipinski definition) is 2. The van der Waals surface area contributed by atoms with Gasteiger partial charge in [-0.3, -0.25) is 10.1 Å². The number of nitrogens with zero attached hydrogens (tertiary/aromatic N) is 5. The Kier molecular flexibility index (Phi) is 5.23. The van der Waals surface area contributed by atoms with Gasteiger partial charge in [-0.1, -0.05) is 0 Å². The van der Waals surface area contributed by atoms with E-state index in [4.69, 9.17) is 0 Å². The second-order valence-electron chi connectivity index (χ2n) is 5.06. The second kappa shape index (κ2) is 7.34. The summed E-state index contributed by atoms with van der Waals surface area (Å²) in [5, 5.41) is 17.2. The smallest absolute Gasteiger partial charge is 0.353 e. The molecule has 9 heteroatoms. The van der Waals surface area contributed by atoms with Crippen LogP contribution in [0.3, 0.4) is 0 Å². The molecule has 0 spiro atoms. The summed E-state index contributed by atoms with van der Waals surface area (Å²) in [5.74, 6) is 0.459. The van der Waals surface area contributed by atoms with Gasteiger partial charge in [0.25, 0.3) is 0 Å². The van der Waals surface area contributed by atoms with E-state index in [1.54, 1.807) is 12.5 Å². The molecule has 22 heavy (non-hydrogen) atoms. The number of imidazole rings is 1. The van der Waals surface area contributed by atoms with Crippen LogP contribution in [0.2, 0.25) is 0 Å². The fourth-order valence-electron chi connectivity index (χ4n) is 1.95. The summed E-state index contributed by atoms with van der Waals surface area (Å²) in [6.07, 6.45) is 7.43. The molecule has 0 fully saturated rings. The number of hydrogen-bond acceptors (Lipinski definition) is 7. The molecule has 2 aromatic rings. The zero-order chi connectivity index (χ0) is 15.9. The number of nitrogens with one attached hydrogen (secondary N) is 2. The van der Waals surface area contributed by atoms with Gasteiger partial charge in [0, 0.05) is 31.5 Å². The molecule has 0 bridgehead atoms. The molecule has 0 aliphatic rings. The number of nitro groups is 1. The van der Waals surface area contributed by atoms with E-state index in [2.05, 4.69) is 25.6 Å². The highest BCUT2D eigenvalue weighted by molar-refractivity contribution is 5.69. The maximum atomic E-state index is 11.3. The SMILES string of the molecule is CC(C)Nc1ncnc(NCCCn2ccnc2)c1[N+](=O)[O-]. The van der Waals surface area contributed by atoms with E-state index >= 15 is 0 Å². The molecule has 2 rings (SSSR count). The molecule has 118 valence electrons. The summed E-state index contributed by atoms with van der Waals surface area (Å²) in [5.41, 5.74) is -0.126. The van der Waals surface area contributed by atoms with Crippen LogP contribution >= 0.6 is 0 Å². The first-order valence-electron chi connectivity index (χ1n) is 7.03. The predicted octanol–water partition coefficient (Wildman–Crippen LogP) is 1.90. The molecule has 9 nitrogen and oxygen atoms in total. The molecule has 0 radical (unpaired) electrons. The average Bonchev–Trinajstić information content (AvgIpc) is 2.96. The van der Waals surface area contributed by atoms with Crippen LogP contribution in [0.5, 0.6) is 0 Å². The van der Waals surface area contributed by atoms with E-state index < -0.39 is 4.92 Å². The minimum atomic E-state index is -0.469. The summed E-state index contributed by atoms with van der Waals surface area (Å²) in [6, 6.07) is 0.0442. The summed E-state index contributed by atoms with van der Waals surface area (Å²) >= 11 is 0. The van der Waals surface area contributed by atoms with Crippen molar-refractivity contribution in [3.8, 4) is 0 Å². The summed E-state index contributed by atoms with van der Waals surface area (Å²) < 4.78 is 1.95. The Morgan fingerprint density at radius 3 is 2.77 bits per heavy atom. The third-order valence-corrected chi connectivity index (χ3v) is 2.87. The highest BCUT2D eigenvalue weighted by Crippen LogP contribution is 2.29. The first kappa shape index (κ1) is 15.7. The van der Waals surface area contributed by atoms with Crippen LogP contribution in [0.15, 0.2) is 25.0 Å². The van der Waals surface area contributed by atoms with E-state index in [0.717, 1.165) is 13.0 Å². The molecule has 2 heterocycles. The molecule has 0 aliphatic carbocycles. The average molecular weight is 305 g/mol. The fourth-order valence-corrected chi connectivity index (χ4v) is 1.95. The minimum absolute atomic E-state index is 0.0442. The Labute approximate surface area is 128 Å². The lowest BCUT2D eigenvalue weighted by atomic mass is 10.3. The molecule has 0 aromatic carbocycles. The molecule has 0 saturated heterocycles. The first-order chi connectivity index (χ1) is 10.6. The maximum absolute atomic E-state index is 11.3. The van der Waals surface area contributed by atoms with Crippen molar-refractivity contribution in [2.24, 2.45) is 0 Å². The Balaban J connectivity index is 2.01. The Bertz CT molecular complexity index is 613. The summed E-state index contributed by atoms with van der Waals surface area (Å²) in [4.78, 5) is 22.7. The molecular formula is C13H19N7O2. The highest BCUT2D eigenvalue weighted by atomic mass is 16.6. The predicted molar refractivity (Wildman–Crippen MR) is 82.8 cm³/mol. The van der Waals surface area contributed by atoms with Crippen molar-refractivity contribution < 1.29 is 4.92 Å². The lowest BCUT2D eigenvalue weighted by Crippen LogP contribution is -2.15. The standard InChI is InChI=1S/C13H19N7O2/c1-10(2)18-13-11(20(21)22)12(16-8-17-13)15-4-3-6-19-7-5-14-9-19/h5,7-10H,3-4,6H2,1-2H3,(H2,15,16,17,18). The van der Waals surface area contributed by atoms with Crippen molar-refractivity contribution >= 4 is 17.3 Å². The Morgan fingerprint density at radius 1 is 1.36 bits per heavy atom. The maximum Gasteiger partial charge on any atom is 0.353 e. The zero-order valence-electron chi connectivity index (χ0n) is 12.6. The van der Waals surface area contributed by atoms with Gasteiger partial charge in [-0.2, -0.15) is 0 Å². The van der Waals surface area contributed by atoms with Gasteiger partial charge in [0.2, 0.25) is 11.6 Å². The van der Waals surface area contributed by atoms with Gasteiger partial charge in [-0.15, -0.1) is 0 Å². The monoisotopic (exact) mass is 305 g/mol. The topological polar surface area (TPSA) is 111 Å². The normalized spacial score (nSPS) is 10.7. The molecule has 0 saturated carbocycles. The van der Waals surface area contributed by atoms with Gasteiger partial charge in [0.1, 0.15) is 6.33 Å². The van der Waals surface area contributed by atoms with Crippen molar-refractivity contribution in [1.82, 2.24) is 19.5 Å². The van der Waals surface area contributed by atoms with Crippen LogP contribution in [-0.2, 0) is 6.54 Å². The van der Waals surface area contributed by atoms with Gasteiger partial charge in [0.15, 0.2) is 0 Å². The van der Waals surface area contributed by atoms with Crippen LogP contribution in [0.1, 0.15) is 20.3 Å². The molecule has 2 aromatic heterocycles. The van der Waals surface area contributed by atoms with Crippen molar-refractivity contribution in [1.29, 1.82) is 0 Å². The van der Waals surface area contributed by atoms with E-state index in [1.807, 2.05) is 24.6 Å². The fraction of sp³-hybridized carbons (Fsp3) is 0.462. The number of rotatable bonds is 8. The molecule has 0 aliphatic heterocycles. The quantitative estimate of drug-likeness (QED) is 0.435. The highest BCUT2D eigenvalue weighted by Gasteiger charge is 2.22. The van der Waals surface area contributed by atoms with Crippen LogP contribution < -0.4 is 10.6 Å². The molecular weight excluding hydrogens is 286 g/mol. The molecule has 0 atom stereocenters. The van der Waals surface area contributed by atoms with Crippen LogP contribution in [0.25, 0.3) is 0 Å². The van der Waals surface area contributed by atoms with E-state index in [1.165, 1.54) is 6.33 Å². The minimum Gasteiger partial charge on any atom is -0.364 e. The Hall–Kier alpha value is -2.71. The van der Waals surface area contributed by atoms with Gasteiger partial charge in [0.05, 0.1) is 11.3 Å². The van der Waals surface area contributed by atoms with Gasteiger partial charge < -0.3 is 15.2 Å². The lowest BCUT2D eigenvalue weighted by molar-refractivity contribution is -0.383. The Morgan fingerprint density at radius 2 is 2.14 bits per heavy atom. The van der Waals surface area contributed by atoms with E-state index in [9.17, 15) is 10.1 Å². The molecule has 0 unspecified atom stereocenters. The molecule has 2 N–H and O–H groups in total. The van der Waals surface area contributed by atoms with Crippen molar-refractivity contribution in [3.05, 3.63) is 35.2 Å². The molecule has 0 amide bonds.